The van der Waals surface area contributed by atoms with Gasteiger partial charge >= 0.3 is 0 Å². The lowest BCUT2D eigenvalue weighted by Gasteiger charge is -2.33. The van der Waals surface area contributed by atoms with E-state index in [4.69, 9.17) is 4.74 Å². The van der Waals surface area contributed by atoms with Crippen LogP contribution in [-0.2, 0) is 14.3 Å². The summed E-state index contributed by atoms with van der Waals surface area (Å²) in [6.07, 6.45) is 1.33. The second-order valence-corrected chi connectivity index (χ2v) is 4.47. The van der Waals surface area contributed by atoms with Gasteiger partial charge in [0.25, 0.3) is 11.8 Å². The molecule has 1 unspecified atom stereocenters. The Morgan fingerprint density at radius 2 is 2.24 bits per heavy atom. The Morgan fingerprint density at radius 1 is 1.47 bits per heavy atom. The third kappa shape index (κ3) is 2.56. The van der Waals surface area contributed by atoms with E-state index in [1.807, 2.05) is 0 Å². The molecule has 1 fully saturated rings. The average Bonchev–Trinajstić information content (AvgIpc) is 2.56. The first-order valence-corrected chi connectivity index (χ1v) is 6.00. The molecule has 1 saturated heterocycles. The van der Waals surface area contributed by atoms with Crippen molar-refractivity contribution in [2.24, 2.45) is 0 Å². The zero-order chi connectivity index (χ0) is 12.4. The van der Waals surface area contributed by atoms with E-state index in [0.29, 0.717) is 18.7 Å². The second kappa shape index (κ2) is 4.98. The van der Waals surface area contributed by atoms with Crippen LogP contribution in [0.4, 0.5) is 0 Å². The van der Waals surface area contributed by atoms with Gasteiger partial charge in [-0.05, 0) is 13.5 Å². The van der Waals surface area contributed by atoms with E-state index >= 15 is 0 Å². The molecular formula is C12H18N2O3. The summed E-state index contributed by atoms with van der Waals surface area (Å²) in [4.78, 5) is 26.8. The number of carbonyl (C=O) groups excluding carboxylic acids is 2. The molecule has 2 heterocycles. The zero-order valence-electron chi connectivity index (χ0n) is 10.3. The molecule has 0 aliphatic carbocycles. The van der Waals surface area contributed by atoms with Crippen LogP contribution in [-0.4, -0.2) is 60.5 Å². The Hall–Kier alpha value is -1.20. The van der Waals surface area contributed by atoms with Crippen LogP contribution in [0.3, 0.4) is 0 Å². The van der Waals surface area contributed by atoms with Gasteiger partial charge in [0.05, 0.1) is 19.3 Å². The van der Waals surface area contributed by atoms with Crippen molar-refractivity contribution in [3.63, 3.8) is 0 Å². The summed E-state index contributed by atoms with van der Waals surface area (Å²) in [6, 6.07) is 0. The molecule has 0 saturated carbocycles. The first-order chi connectivity index (χ1) is 8.11. The molecule has 2 aliphatic heterocycles. The average molecular weight is 238 g/mol. The first-order valence-electron chi connectivity index (χ1n) is 6.00. The van der Waals surface area contributed by atoms with Crippen LogP contribution in [0.15, 0.2) is 11.6 Å². The van der Waals surface area contributed by atoms with E-state index in [2.05, 4.69) is 11.8 Å². The highest BCUT2D eigenvalue weighted by Crippen LogP contribution is 2.14. The Kier molecular flexibility index (Phi) is 3.59. The molecule has 2 rings (SSSR count). The fraction of sp³-hybridized carbons (Fsp3) is 0.667. The lowest BCUT2D eigenvalue weighted by molar-refractivity contribution is -0.140. The zero-order valence-corrected chi connectivity index (χ0v) is 10.3. The smallest absolute Gasteiger partial charge is 0.256 e. The normalized spacial score (nSPS) is 26.6. The molecule has 0 bridgehead atoms. The van der Waals surface area contributed by atoms with Gasteiger partial charge < -0.3 is 4.74 Å². The number of hydrogen-bond acceptors (Lipinski definition) is 4. The molecule has 2 aliphatic rings. The SMILES string of the molecule is CCN1CCOC(CN2C(=O)C=C(C)C2=O)C1. The van der Waals surface area contributed by atoms with Gasteiger partial charge in [0, 0.05) is 24.7 Å². The van der Waals surface area contributed by atoms with E-state index in [1.165, 1.54) is 11.0 Å². The third-order valence-corrected chi connectivity index (χ3v) is 3.24. The summed E-state index contributed by atoms with van der Waals surface area (Å²) in [5.74, 6) is -0.406. The fourth-order valence-electron chi connectivity index (χ4n) is 2.19. The molecule has 0 N–H and O–H groups in total. The summed E-state index contributed by atoms with van der Waals surface area (Å²) in [5, 5.41) is 0. The Labute approximate surface area is 101 Å². The minimum atomic E-state index is -0.218. The second-order valence-electron chi connectivity index (χ2n) is 4.47. The van der Waals surface area contributed by atoms with E-state index in [9.17, 15) is 9.59 Å². The minimum absolute atomic E-state index is 0.0594. The van der Waals surface area contributed by atoms with Gasteiger partial charge in [-0.2, -0.15) is 0 Å². The van der Waals surface area contributed by atoms with Crippen molar-refractivity contribution in [1.82, 2.24) is 9.80 Å². The van der Waals surface area contributed by atoms with Crippen LogP contribution >= 0.6 is 0 Å². The predicted molar refractivity (Wildman–Crippen MR) is 62.3 cm³/mol. The molecule has 0 aromatic rings. The molecule has 94 valence electrons. The Morgan fingerprint density at radius 3 is 2.82 bits per heavy atom. The summed E-state index contributed by atoms with van der Waals surface area (Å²) in [5.41, 5.74) is 0.512. The molecule has 1 atom stereocenters. The number of amides is 2. The quantitative estimate of drug-likeness (QED) is 0.651. The Bertz CT molecular complexity index is 365. The number of nitrogens with zero attached hydrogens (tertiary/aromatic N) is 2. The van der Waals surface area contributed by atoms with E-state index in [0.717, 1.165) is 19.6 Å². The first kappa shape index (κ1) is 12.3. The Balaban J connectivity index is 1.93. The molecule has 0 spiro atoms. The van der Waals surface area contributed by atoms with Gasteiger partial charge in [-0.15, -0.1) is 0 Å². The molecule has 2 amide bonds. The molecular weight excluding hydrogens is 220 g/mol. The summed E-state index contributed by atoms with van der Waals surface area (Å²) < 4.78 is 5.59. The van der Waals surface area contributed by atoms with Gasteiger partial charge in [0.1, 0.15) is 0 Å². The van der Waals surface area contributed by atoms with Gasteiger partial charge in [-0.25, -0.2) is 0 Å². The maximum atomic E-state index is 11.7. The fourth-order valence-corrected chi connectivity index (χ4v) is 2.19. The van der Waals surface area contributed by atoms with E-state index < -0.39 is 0 Å². The largest absolute Gasteiger partial charge is 0.374 e. The molecule has 17 heavy (non-hydrogen) atoms. The predicted octanol–water partition coefficient (Wildman–Crippen LogP) is 0.0222. The van der Waals surface area contributed by atoms with Crippen molar-refractivity contribution in [1.29, 1.82) is 0 Å². The van der Waals surface area contributed by atoms with Crippen LogP contribution in [0.25, 0.3) is 0 Å². The topological polar surface area (TPSA) is 49.9 Å². The summed E-state index contributed by atoms with van der Waals surface area (Å²) in [6.45, 7) is 7.47. The lowest BCUT2D eigenvalue weighted by atomic mass is 10.2. The molecule has 0 aromatic carbocycles. The number of likely N-dealkylation sites (N-methyl/N-ethyl adjacent to an activating group) is 1. The van der Waals surface area contributed by atoms with Crippen LogP contribution in [0.2, 0.25) is 0 Å². The monoisotopic (exact) mass is 238 g/mol. The van der Waals surface area contributed by atoms with Crippen molar-refractivity contribution >= 4 is 11.8 Å². The van der Waals surface area contributed by atoms with Crippen molar-refractivity contribution in [2.45, 2.75) is 20.0 Å². The highest BCUT2D eigenvalue weighted by Gasteiger charge is 2.32. The molecule has 5 nitrogen and oxygen atoms in total. The highest BCUT2D eigenvalue weighted by atomic mass is 16.5. The molecule has 0 aromatic heterocycles. The van der Waals surface area contributed by atoms with Gasteiger partial charge in [-0.3, -0.25) is 19.4 Å². The van der Waals surface area contributed by atoms with E-state index in [1.54, 1.807) is 6.92 Å². The highest BCUT2D eigenvalue weighted by molar-refractivity contribution is 6.15. The van der Waals surface area contributed by atoms with E-state index in [-0.39, 0.29) is 17.9 Å². The number of carbonyl (C=O) groups is 2. The summed E-state index contributed by atoms with van der Waals surface area (Å²) >= 11 is 0. The van der Waals surface area contributed by atoms with Crippen LogP contribution in [0.1, 0.15) is 13.8 Å². The van der Waals surface area contributed by atoms with Gasteiger partial charge in [0.15, 0.2) is 0 Å². The van der Waals surface area contributed by atoms with Crippen molar-refractivity contribution in [3.8, 4) is 0 Å². The van der Waals surface area contributed by atoms with Crippen LogP contribution in [0, 0.1) is 0 Å². The number of hydrogen-bond donors (Lipinski definition) is 0. The molecule has 0 radical (unpaired) electrons. The van der Waals surface area contributed by atoms with Gasteiger partial charge in [-0.1, -0.05) is 6.92 Å². The van der Waals surface area contributed by atoms with Crippen LogP contribution < -0.4 is 0 Å². The van der Waals surface area contributed by atoms with Crippen LogP contribution in [0.5, 0.6) is 0 Å². The van der Waals surface area contributed by atoms with Crippen molar-refractivity contribution in [3.05, 3.63) is 11.6 Å². The summed E-state index contributed by atoms with van der Waals surface area (Å²) in [7, 11) is 0. The standard InChI is InChI=1S/C12H18N2O3/c1-3-13-4-5-17-10(7-13)8-14-11(15)6-9(2)12(14)16/h6,10H,3-5,7-8H2,1-2H3. The van der Waals surface area contributed by atoms with Crippen molar-refractivity contribution < 1.29 is 14.3 Å². The maximum absolute atomic E-state index is 11.7. The minimum Gasteiger partial charge on any atom is -0.374 e. The van der Waals surface area contributed by atoms with Crippen molar-refractivity contribution in [2.75, 3.05) is 32.8 Å². The maximum Gasteiger partial charge on any atom is 0.256 e. The lowest BCUT2D eigenvalue weighted by Crippen LogP contribution is -2.48. The molecule has 5 heteroatoms. The third-order valence-electron chi connectivity index (χ3n) is 3.24. The number of imide groups is 1. The number of ether oxygens (including phenoxy) is 1. The number of morpholine rings is 1. The number of rotatable bonds is 3. The van der Waals surface area contributed by atoms with Gasteiger partial charge in [0.2, 0.25) is 0 Å².